The minimum absolute atomic E-state index is 0.204. The number of benzene rings is 2. The van der Waals surface area contributed by atoms with Gasteiger partial charge >= 0.3 is 5.97 Å². The summed E-state index contributed by atoms with van der Waals surface area (Å²) in [6.45, 7) is 1.24. The van der Waals surface area contributed by atoms with Crippen LogP contribution in [0.15, 0.2) is 36.4 Å². The molecule has 0 spiro atoms. The average molecular weight is 420 g/mol. The van der Waals surface area contributed by atoms with E-state index in [0.717, 1.165) is 24.1 Å². The smallest absolute Gasteiger partial charge is 0.307 e. The van der Waals surface area contributed by atoms with Crippen LogP contribution in [0.1, 0.15) is 30.0 Å². The van der Waals surface area contributed by atoms with Crippen LogP contribution < -0.4 is 14.2 Å². The molecule has 0 aromatic heterocycles. The van der Waals surface area contributed by atoms with Crippen molar-refractivity contribution >= 4 is 17.6 Å². The van der Waals surface area contributed by atoms with E-state index in [0.29, 0.717) is 35.2 Å². The van der Waals surface area contributed by atoms with Gasteiger partial charge in [-0.1, -0.05) is 23.7 Å². The minimum Gasteiger partial charge on any atom is -0.496 e. The molecule has 29 heavy (non-hydrogen) atoms. The number of piperidine rings is 1. The lowest BCUT2D eigenvalue weighted by Crippen LogP contribution is -2.41. The van der Waals surface area contributed by atoms with E-state index in [9.17, 15) is 9.90 Å². The van der Waals surface area contributed by atoms with Crippen LogP contribution >= 0.6 is 11.6 Å². The van der Waals surface area contributed by atoms with Crippen molar-refractivity contribution in [2.45, 2.75) is 18.9 Å². The third kappa shape index (κ3) is 4.60. The molecule has 0 amide bonds. The highest BCUT2D eigenvalue weighted by atomic mass is 35.5. The van der Waals surface area contributed by atoms with E-state index >= 15 is 0 Å². The Hall–Kier alpha value is -2.44. The largest absolute Gasteiger partial charge is 0.496 e. The molecule has 6 nitrogen and oxygen atoms in total. The van der Waals surface area contributed by atoms with Gasteiger partial charge in [-0.3, -0.25) is 9.69 Å². The maximum absolute atomic E-state index is 11.6. The van der Waals surface area contributed by atoms with Crippen LogP contribution in [0.4, 0.5) is 0 Å². The Morgan fingerprint density at radius 2 is 1.69 bits per heavy atom. The zero-order chi connectivity index (χ0) is 21.0. The minimum atomic E-state index is -0.760. The topological polar surface area (TPSA) is 68.2 Å². The summed E-state index contributed by atoms with van der Waals surface area (Å²) >= 11 is 6.11. The van der Waals surface area contributed by atoms with Crippen molar-refractivity contribution in [1.82, 2.24) is 4.90 Å². The van der Waals surface area contributed by atoms with E-state index in [1.54, 1.807) is 27.4 Å². The van der Waals surface area contributed by atoms with E-state index in [2.05, 4.69) is 4.90 Å². The Bertz CT molecular complexity index is 855. The van der Waals surface area contributed by atoms with Gasteiger partial charge in [0.2, 0.25) is 0 Å². The molecule has 1 N–H and O–H groups in total. The number of halogens is 1. The van der Waals surface area contributed by atoms with E-state index in [4.69, 9.17) is 25.8 Å². The van der Waals surface area contributed by atoms with Crippen LogP contribution in [0.25, 0.3) is 0 Å². The summed E-state index contributed by atoms with van der Waals surface area (Å²) in [6.07, 6.45) is 1.50. The summed E-state index contributed by atoms with van der Waals surface area (Å²) in [5.74, 6) is 0.660. The number of rotatable bonds is 7. The molecule has 2 atom stereocenters. The van der Waals surface area contributed by atoms with Gasteiger partial charge in [0.1, 0.15) is 5.75 Å². The lowest BCUT2D eigenvalue weighted by atomic mass is 9.90. The SMILES string of the molecule is COc1cc(OC)c(C(c2ccc(Cl)cc2)N2CCCC(C(=O)O)C2)cc1OC. The molecule has 0 aliphatic carbocycles. The zero-order valence-corrected chi connectivity index (χ0v) is 17.6. The Morgan fingerprint density at radius 3 is 2.28 bits per heavy atom. The molecule has 1 saturated heterocycles. The number of methoxy groups -OCH3 is 3. The summed E-state index contributed by atoms with van der Waals surface area (Å²) in [5, 5.41) is 10.2. The average Bonchev–Trinajstić information content (AvgIpc) is 2.75. The molecule has 0 radical (unpaired) electrons. The second-order valence-corrected chi connectivity index (χ2v) is 7.51. The van der Waals surface area contributed by atoms with Crippen molar-refractivity contribution in [3.8, 4) is 17.2 Å². The third-order valence-corrected chi connectivity index (χ3v) is 5.64. The van der Waals surface area contributed by atoms with Gasteiger partial charge in [-0.15, -0.1) is 0 Å². The van der Waals surface area contributed by atoms with Crippen LogP contribution in [-0.4, -0.2) is 50.4 Å². The first-order valence-corrected chi connectivity index (χ1v) is 9.88. The van der Waals surface area contributed by atoms with Crippen molar-refractivity contribution < 1.29 is 24.1 Å². The molecule has 156 valence electrons. The predicted molar refractivity (Wildman–Crippen MR) is 111 cm³/mol. The molecule has 7 heteroatoms. The molecule has 1 aliphatic rings. The summed E-state index contributed by atoms with van der Waals surface area (Å²) in [5.41, 5.74) is 1.89. The molecule has 0 bridgehead atoms. The number of ether oxygens (including phenoxy) is 3. The first-order chi connectivity index (χ1) is 14.0. The quantitative estimate of drug-likeness (QED) is 0.723. The third-order valence-electron chi connectivity index (χ3n) is 5.38. The molecule has 3 rings (SSSR count). The number of hydrogen-bond acceptors (Lipinski definition) is 5. The van der Waals surface area contributed by atoms with Crippen LogP contribution in [0.2, 0.25) is 5.02 Å². The fraction of sp³-hybridized carbons (Fsp3) is 0.409. The monoisotopic (exact) mass is 419 g/mol. The molecule has 1 aliphatic heterocycles. The van der Waals surface area contributed by atoms with Crippen LogP contribution in [0, 0.1) is 5.92 Å². The second-order valence-electron chi connectivity index (χ2n) is 7.08. The van der Waals surface area contributed by atoms with Crippen LogP contribution in [-0.2, 0) is 4.79 Å². The highest BCUT2D eigenvalue weighted by Gasteiger charge is 2.33. The molecule has 1 heterocycles. The first-order valence-electron chi connectivity index (χ1n) is 9.50. The zero-order valence-electron chi connectivity index (χ0n) is 16.9. The second kappa shape index (κ2) is 9.37. The molecule has 1 fully saturated rings. The van der Waals surface area contributed by atoms with E-state index in [-0.39, 0.29) is 6.04 Å². The van der Waals surface area contributed by atoms with Crippen LogP contribution in [0.5, 0.6) is 17.2 Å². The van der Waals surface area contributed by atoms with Gasteiger partial charge in [-0.2, -0.15) is 0 Å². The molecular formula is C22H26ClNO5. The number of nitrogens with zero attached hydrogens (tertiary/aromatic N) is 1. The first kappa shape index (κ1) is 21.3. The van der Waals surface area contributed by atoms with Gasteiger partial charge in [0.05, 0.1) is 33.3 Å². The predicted octanol–water partition coefficient (Wildman–Crippen LogP) is 4.25. The summed E-state index contributed by atoms with van der Waals surface area (Å²) in [4.78, 5) is 13.8. The number of likely N-dealkylation sites (tertiary alicyclic amines) is 1. The van der Waals surface area contributed by atoms with Gasteiger partial charge in [0.25, 0.3) is 0 Å². The van der Waals surface area contributed by atoms with Crippen molar-refractivity contribution in [1.29, 1.82) is 0 Å². The summed E-state index contributed by atoms with van der Waals surface area (Å²) in [6, 6.07) is 11.1. The van der Waals surface area contributed by atoms with Crippen molar-refractivity contribution in [2.24, 2.45) is 5.92 Å². The van der Waals surface area contributed by atoms with Crippen molar-refractivity contribution in [2.75, 3.05) is 34.4 Å². The van der Waals surface area contributed by atoms with E-state index < -0.39 is 11.9 Å². The van der Waals surface area contributed by atoms with Gasteiger partial charge in [-0.25, -0.2) is 0 Å². The van der Waals surface area contributed by atoms with Crippen molar-refractivity contribution in [3.05, 3.63) is 52.5 Å². The van der Waals surface area contributed by atoms with E-state index in [1.807, 2.05) is 30.3 Å². The number of aliphatic carboxylic acids is 1. The van der Waals surface area contributed by atoms with Gasteiger partial charge in [0.15, 0.2) is 11.5 Å². The molecule has 2 unspecified atom stereocenters. The fourth-order valence-electron chi connectivity index (χ4n) is 3.94. The van der Waals surface area contributed by atoms with Crippen molar-refractivity contribution in [3.63, 3.8) is 0 Å². The highest BCUT2D eigenvalue weighted by Crippen LogP contribution is 2.43. The Labute approximate surface area is 175 Å². The lowest BCUT2D eigenvalue weighted by molar-refractivity contribution is -0.143. The molecule has 2 aromatic rings. The maximum Gasteiger partial charge on any atom is 0.307 e. The number of carboxylic acids is 1. The number of carboxylic acid groups (broad SMARTS) is 1. The standard InChI is InChI=1S/C22H26ClNO5/c1-27-18-12-20(29-3)19(28-2)11-17(18)21(14-6-8-16(23)9-7-14)24-10-4-5-15(13-24)22(25)26/h6-9,11-12,15,21H,4-5,10,13H2,1-3H3,(H,25,26). The fourth-order valence-corrected chi connectivity index (χ4v) is 4.07. The Morgan fingerprint density at radius 1 is 1.07 bits per heavy atom. The Balaban J connectivity index is 2.13. The maximum atomic E-state index is 11.6. The van der Waals surface area contributed by atoms with Gasteiger partial charge in [0, 0.05) is 23.2 Å². The Kier molecular flexibility index (Phi) is 6.87. The normalized spacial score (nSPS) is 18.1. The van der Waals surface area contributed by atoms with Gasteiger partial charge in [-0.05, 0) is 43.1 Å². The highest BCUT2D eigenvalue weighted by molar-refractivity contribution is 6.30. The number of hydrogen-bond donors (Lipinski definition) is 1. The van der Waals surface area contributed by atoms with E-state index in [1.165, 1.54) is 0 Å². The van der Waals surface area contributed by atoms with Crippen LogP contribution in [0.3, 0.4) is 0 Å². The summed E-state index contributed by atoms with van der Waals surface area (Å²) in [7, 11) is 4.78. The molecule has 0 saturated carbocycles. The molecule has 2 aromatic carbocycles. The summed E-state index contributed by atoms with van der Waals surface area (Å²) < 4.78 is 16.6. The number of carbonyl (C=O) groups is 1. The van der Waals surface area contributed by atoms with Gasteiger partial charge < -0.3 is 19.3 Å². The molecular weight excluding hydrogens is 394 g/mol. The lowest BCUT2D eigenvalue weighted by Gasteiger charge is -2.38.